The van der Waals surface area contributed by atoms with E-state index in [1.165, 1.54) is 11.3 Å². The van der Waals surface area contributed by atoms with Gasteiger partial charge in [0.25, 0.3) is 5.91 Å². The second-order valence-corrected chi connectivity index (χ2v) is 8.29. The molecule has 0 fully saturated rings. The Kier molecular flexibility index (Phi) is 6.96. The number of thiazole rings is 1. The minimum absolute atomic E-state index is 0.0204. The van der Waals surface area contributed by atoms with E-state index in [4.69, 9.17) is 4.74 Å². The molecule has 6 nitrogen and oxygen atoms in total. The lowest BCUT2D eigenvalue weighted by Crippen LogP contribution is -2.38. The van der Waals surface area contributed by atoms with Crippen LogP contribution in [0.15, 0.2) is 30.5 Å². The molecule has 2 amide bonds. The molecule has 0 unspecified atom stereocenters. The highest BCUT2D eigenvalue weighted by atomic mass is 32.1. The van der Waals surface area contributed by atoms with Gasteiger partial charge in [0.1, 0.15) is 17.2 Å². The number of benzene rings is 1. The van der Waals surface area contributed by atoms with Crippen molar-refractivity contribution >= 4 is 28.8 Å². The number of nitrogens with zero attached hydrogens (tertiary/aromatic N) is 2. The first-order valence-corrected chi connectivity index (χ1v) is 9.76. The third kappa shape index (κ3) is 5.53. The Morgan fingerprint density at radius 1 is 1.26 bits per heavy atom. The summed E-state index contributed by atoms with van der Waals surface area (Å²) in [5.74, 6) is 0.151. The predicted octanol–water partition coefficient (Wildman–Crippen LogP) is 3.94. The number of amides is 2. The SMILES string of the molecule is CCCN(CC(=O)Nc1ccccc1OC)C(=O)c1cnc(C(C)(C)C)s1. The average Bonchev–Trinajstić information content (AvgIpc) is 3.11. The number of nitrogens with one attached hydrogen (secondary N) is 1. The summed E-state index contributed by atoms with van der Waals surface area (Å²) < 4.78 is 5.25. The van der Waals surface area contributed by atoms with Gasteiger partial charge in [0.2, 0.25) is 5.91 Å². The Hall–Kier alpha value is -2.41. The van der Waals surface area contributed by atoms with Crippen LogP contribution in [-0.4, -0.2) is 41.9 Å². The minimum atomic E-state index is -0.262. The zero-order valence-electron chi connectivity index (χ0n) is 16.5. The number of hydrogen-bond donors (Lipinski definition) is 1. The van der Waals surface area contributed by atoms with Crippen molar-refractivity contribution in [3.05, 3.63) is 40.3 Å². The van der Waals surface area contributed by atoms with Gasteiger partial charge in [0.15, 0.2) is 0 Å². The van der Waals surface area contributed by atoms with E-state index in [-0.39, 0.29) is 23.8 Å². The van der Waals surface area contributed by atoms with Crippen LogP contribution in [0.25, 0.3) is 0 Å². The highest BCUT2D eigenvalue weighted by Crippen LogP contribution is 2.27. The van der Waals surface area contributed by atoms with Crippen LogP contribution in [0, 0.1) is 0 Å². The maximum atomic E-state index is 12.9. The molecule has 0 atom stereocenters. The number of rotatable bonds is 7. The molecule has 7 heteroatoms. The van der Waals surface area contributed by atoms with E-state index in [1.54, 1.807) is 30.3 Å². The number of hydrogen-bond acceptors (Lipinski definition) is 5. The van der Waals surface area contributed by atoms with Crippen LogP contribution in [0.5, 0.6) is 5.75 Å². The third-order valence-electron chi connectivity index (χ3n) is 3.85. The van der Waals surface area contributed by atoms with Gasteiger partial charge in [-0.1, -0.05) is 39.8 Å². The zero-order chi connectivity index (χ0) is 20.0. The van der Waals surface area contributed by atoms with E-state index < -0.39 is 0 Å². The zero-order valence-corrected chi connectivity index (χ0v) is 17.4. The molecule has 146 valence electrons. The van der Waals surface area contributed by atoms with Gasteiger partial charge < -0.3 is 15.0 Å². The predicted molar refractivity (Wildman–Crippen MR) is 109 cm³/mol. The van der Waals surface area contributed by atoms with Crippen molar-refractivity contribution in [3.8, 4) is 5.75 Å². The van der Waals surface area contributed by atoms with Crippen LogP contribution in [0.3, 0.4) is 0 Å². The molecular weight excluding hydrogens is 362 g/mol. The Balaban J connectivity index is 2.11. The fourth-order valence-corrected chi connectivity index (χ4v) is 3.45. The molecule has 2 aromatic rings. The summed E-state index contributed by atoms with van der Waals surface area (Å²) in [6, 6.07) is 7.19. The number of aromatic nitrogens is 1. The summed E-state index contributed by atoms with van der Waals surface area (Å²) in [6.45, 7) is 8.64. The van der Waals surface area contributed by atoms with Gasteiger partial charge in [-0.3, -0.25) is 9.59 Å². The Labute approximate surface area is 164 Å². The number of ether oxygens (including phenoxy) is 1. The van der Waals surface area contributed by atoms with Crippen LogP contribution in [0.4, 0.5) is 5.69 Å². The molecule has 1 aromatic carbocycles. The fourth-order valence-electron chi connectivity index (χ4n) is 2.51. The lowest BCUT2D eigenvalue weighted by molar-refractivity contribution is -0.116. The smallest absolute Gasteiger partial charge is 0.266 e. The van der Waals surface area contributed by atoms with Gasteiger partial charge in [-0.15, -0.1) is 11.3 Å². The topological polar surface area (TPSA) is 71.5 Å². The van der Waals surface area contributed by atoms with Gasteiger partial charge in [-0.05, 0) is 18.6 Å². The standard InChI is InChI=1S/C20H27N3O3S/c1-6-11-23(18(25)16-12-21-19(27-16)20(2,3)4)13-17(24)22-14-9-7-8-10-15(14)26-5/h7-10,12H,6,11,13H2,1-5H3,(H,22,24). The molecule has 0 spiro atoms. The van der Waals surface area contributed by atoms with Crippen molar-refractivity contribution in [1.82, 2.24) is 9.88 Å². The van der Waals surface area contributed by atoms with Gasteiger partial charge in [0.05, 0.1) is 24.0 Å². The number of para-hydroxylation sites is 2. The largest absolute Gasteiger partial charge is 0.495 e. The van der Waals surface area contributed by atoms with Crippen LogP contribution in [0.2, 0.25) is 0 Å². The van der Waals surface area contributed by atoms with E-state index in [2.05, 4.69) is 31.1 Å². The maximum absolute atomic E-state index is 12.9. The molecule has 1 aromatic heterocycles. The monoisotopic (exact) mass is 389 g/mol. The minimum Gasteiger partial charge on any atom is -0.495 e. The van der Waals surface area contributed by atoms with Crippen LogP contribution in [-0.2, 0) is 10.2 Å². The van der Waals surface area contributed by atoms with Crippen LogP contribution >= 0.6 is 11.3 Å². The molecule has 2 rings (SSSR count). The van der Waals surface area contributed by atoms with Crippen molar-refractivity contribution in [1.29, 1.82) is 0 Å². The lowest BCUT2D eigenvalue weighted by atomic mass is 9.98. The summed E-state index contributed by atoms with van der Waals surface area (Å²) in [4.78, 5) is 31.9. The Morgan fingerprint density at radius 3 is 2.56 bits per heavy atom. The average molecular weight is 390 g/mol. The van der Waals surface area contributed by atoms with E-state index in [1.807, 2.05) is 19.1 Å². The third-order valence-corrected chi connectivity index (χ3v) is 5.27. The first-order valence-electron chi connectivity index (χ1n) is 8.94. The highest BCUT2D eigenvalue weighted by Gasteiger charge is 2.24. The molecule has 27 heavy (non-hydrogen) atoms. The first-order chi connectivity index (χ1) is 12.8. The van der Waals surface area contributed by atoms with Crippen molar-refractivity contribution < 1.29 is 14.3 Å². The Bertz CT molecular complexity index is 796. The van der Waals surface area contributed by atoms with E-state index >= 15 is 0 Å². The van der Waals surface area contributed by atoms with Gasteiger partial charge in [-0.2, -0.15) is 0 Å². The fraction of sp³-hybridized carbons (Fsp3) is 0.450. The van der Waals surface area contributed by atoms with Crippen molar-refractivity contribution in [2.24, 2.45) is 0 Å². The number of methoxy groups -OCH3 is 1. The van der Waals surface area contributed by atoms with Gasteiger partial charge >= 0.3 is 0 Å². The van der Waals surface area contributed by atoms with Crippen molar-refractivity contribution in [2.45, 2.75) is 39.5 Å². The maximum Gasteiger partial charge on any atom is 0.266 e. The van der Waals surface area contributed by atoms with Crippen molar-refractivity contribution in [2.75, 3.05) is 25.5 Å². The summed E-state index contributed by atoms with van der Waals surface area (Å²) in [5.41, 5.74) is 0.474. The second kappa shape index (κ2) is 8.99. The van der Waals surface area contributed by atoms with Crippen LogP contribution in [0.1, 0.15) is 48.8 Å². The van der Waals surface area contributed by atoms with Crippen molar-refractivity contribution in [3.63, 3.8) is 0 Å². The molecule has 0 aliphatic rings. The molecule has 0 bridgehead atoms. The number of carbonyl (C=O) groups excluding carboxylic acids is 2. The molecular formula is C20H27N3O3S. The second-order valence-electron chi connectivity index (χ2n) is 7.25. The highest BCUT2D eigenvalue weighted by molar-refractivity contribution is 7.13. The quantitative estimate of drug-likeness (QED) is 0.779. The molecule has 0 saturated carbocycles. The van der Waals surface area contributed by atoms with Crippen LogP contribution < -0.4 is 10.1 Å². The summed E-state index contributed by atoms with van der Waals surface area (Å²) >= 11 is 1.39. The van der Waals surface area contributed by atoms with E-state index in [0.717, 1.165) is 11.4 Å². The number of carbonyl (C=O) groups is 2. The lowest BCUT2D eigenvalue weighted by Gasteiger charge is -2.21. The normalized spacial score (nSPS) is 11.1. The molecule has 0 aliphatic carbocycles. The number of anilines is 1. The van der Waals surface area contributed by atoms with Gasteiger partial charge in [0, 0.05) is 12.0 Å². The summed E-state index contributed by atoms with van der Waals surface area (Å²) in [6.07, 6.45) is 2.37. The molecule has 0 aliphatic heterocycles. The molecule has 1 N–H and O–H groups in total. The first kappa shape index (κ1) is 20.9. The summed E-state index contributed by atoms with van der Waals surface area (Å²) in [7, 11) is 1.55. The summed E-state index contributed by atoms with van der Waals surface area (Å²) in [5, 5.41) is 3.72. The van der Waals surface area contributed by atoms with E-state index in [9.17, 15) is 9.59 Å². The Morgan fingerprint density at radius 2 is 1.96 bits per heavy atom. The molecule has 1 heterocycles. The van der Waals surface area contributed by atoms with Gasteiger partial charge in [-0.25, -0.2) is 4.98 Å². The van der Waals surface area contributed by atoms with E-state index in [0.29, 0.717) is 22.9 Å². The molecule has 0 saturated heterocycles. The molecule has 0 radical (unpaired) electrons.